The van der Waals surface area contributed by atoms with Crippen molar-refractivity contribution in [1.82, 2.24) is 5.32 Å². The normalized spacial score (nSPS) is 22.0. The van der Waals surface area contributed by atoms with Gasteiger partial charge in [-0.05, 0) is 57.8 Å². The minimum absolute atomic E-state index is 0.257. The molecule has 0 heterocycles. The van der Waals surface area contributed by atoms with Gasteiger partial charge in [-0.25, -0.2) is 4.57 Å². The van der Waals surface area contributed by atoms with Gasteiger partial charge in [0.05, 0.1) is 31.3 Å². The standard InChI is InChI=1S/C56H106NO12P/c1-3-5-7-9-11-13-15-17-19-21-23-24-26-27-29-31-33-35-37-39-41-43-47(58)45-50(60)57-48(46-68-70(66,67)69-56-54(64)52(62)51(61)53(63)55(56)65)49(59)44-42-40-38-36-34-32-30-28-25-22-20-18-16-14-12-10-8-6-4-2/h27,29,34,36,42,44,47-49,51-56,58-59,61-65H,3-26,28,30-33,35,37-41,43,45-46H2,1-2H3,(H,57,60)(H,66,67)/b29-27-,36-34+,44-42+. The van der Waals surface area contributed by atoms with Crippen molar-refractivity contribution in [3.63, 3.8) is 0 Å². The molecular weight excluding hydrogens is 910 g/mol. The lowest BCUT2D eigenvalue weighted by molar-refractivity contribution is -0.220. The number of phosphoric ester groups is 1. The fourth-order valence-corrected chi connectivity index (χ4v) is 10.0. The van der Waals surface area contributed by atoms with Gasteiger partial charge < -0.3 is 46.0 Å². The van der Waals surface area contributed by atoms with Gasteiger partial charge in [0, 0.05) is 0 Å². The highest BCUT2D eigenvalue weighted by Crippen LogP contribution is 2.47. The van der Waals surface area contributed by atoms with Gasteiger partial charge in [-0.1, -0.05) is 224 Å². The van der Waals surface area contributed by atoms with Crippen LogP contribution in [-0.4, -0.2) is 108 Å². The molecule has 1 amide bonds. The van der Waals surface area contributed by atoms with E-state index in [0.29, 0.717) is 12.8 Å². The summed E-state index contributed by atoms with van der Waals surface area (Å²) in [7, 11) is -5.16. The molecule has 0 radical (unpaired) electrons. The zero-order valence-corrected chi connectivity index (χ0v) is 45.1. The number of nitrogens with one attached hydrogen (secondary N) is 1. The number of rotatable bonds is 48. The largest absolute Gasteiger partial charge is 0.472 e. The van der Waals surface area contributed by atoms with Crippen molar-refractivity contribution >= 4 is 13.7 Å². The van der Waals surface area contributed by atoms with Crippen LogP contribution in [0.4, 0.5) is 0 Å². The molecule has 0 aromatic heterocycles. The molecular formula is C56H106NO12P. The Morgan fingerprint density at radius 3 is 1.26 bits per heavy atom. The number of carbonyl (C=O) groups excluding carboxylic acids is 1. The first-order valence-corrected chi connectivity index (χ1v) is 30.0. The Labute approximate surface area is 426 Å². The Hall–Kier alpha value is -1.48. The SMILES string of the molecule is CCCCCCCCCCCCCC/C=C\CCCCCCCC(O)CC(=O)NC(COP(=O)(O)OC1C(O)C(O)C(O)C(O)C1O)C(O)/C=C/CC/C=C/CCCCCCCCCCCCCCC. The Kier molecular flexibility index (Phi) is 42.7. The van der Waals surface area contributed by atoms with Gasteiger partial charge in [0.1, 0.15) is 36.6 Å². The van der Waals surface area contributed by atoms with Crippen LogP contribution >= 0.6 is 7.82 Å². The number of carbonyl (C=O) groups is 1. The van der Waals surface area contributed by atoms with Crippen LogP contribution < -0.4 is 5.32 Å². The third-order valence-corrected chi connectivity index (χ3v) is 14.7. The van der Waals surface area contributed by atoms with Crippen LogP contribution in [0.15, 0.2) is 36.5 Å². The maximum Gasteiger partial charge on any atom is 0.472 e. The van der Waals surface area contributed by atoms with E-state index >= 15 is 0 Å². The van der Waals surface area contributed by atoms with E-state index in [0.717, 1.165) is 64.2 Å². The predicted molar refractivity (Wildman–Crippen MR) is 284 cm³/mol. The molecule has 0 bridgehead atoms. The Morgan fingerprint density at radius 2 is 0.843 bits per heavy atom. The molecule has 1 aliphatic carbocycles. The average Bonchev–Trinajstić information content (AvgIpc) is 3.34. The summed E-state index contributed by atoms with van der Waals surface area (Å²) in [4.78, 5) is 23.6. The zero-order chi connectivity index (χ0) is 51.5. The van der Waals surface area contributed by atoms with Crippen molar-refractivity contribution in [2.75, 3.05) is 6.61 Å². The quantitative estimate of drug-likeness (QED) is 0.0158. The summed E-state index contributed by atoms with van der Waals surface area (Å²) >= 11 is 0. The van der Waals surface area contributed by atoms with E-state index in [4.69, 9.17) is 9.05 Å². The highest BCUT2D eigenvalue weighted by molar-refractivity contribution is 7.47. The molecule has 1 aliphatic rings. The lowest BCUT2D eigenvalue weighted by atomic mass is 9.85. The molecule has 0 aromatic rings. The molecule has 9 N–H and O–H groups in total. The Bertz CT molecular complexity index is 1340. The van der Waals surface area contributed by atoms with Crippen LogP contribution in [0.1, 0.15) is 251 Å². The van der Waals surface area contributed by atoms with Crippen LogP contribution in [0.3, 0.4) is 0 Å². The Morgan fingerprint density at radius 1 is 0.500 bits per heavy atom. The van der Waals surface area contributed by atoms with Crippen molar-refractivity contribution < 1.29 is 59.0 Å². The molecule has 8 unspecified atom stereocenters. The summed E-state index contributed by atoms with van der Waals surface area (Å²) in [6.07, 6.45) is 40.9. The third-order valence-electron chi connectivity index (χ3n) is 13.7. The van der Waals surface area contributed by atoms with Gasteiger partial charge in [-0.3, -0.25) is 13.8 Å². The van der Waals surface area contributed by atoms with Gasteiger partial charge in [0.25, 0.3) is 0 Å². The first kappa shape index (κ1) is 66.5. The molecule has 70 heavy (non-hydrogen) atoms. The summed E-state index contributed by atoms with van der Waals surface area (Å²) in [5.41, 5.74) is 0. The molecule has 1 saturated carbocycles. The van der Waals surface area contributed by atoms with Gasteiger partial charge in [0.2, 0.25) is 5.91 Å². The van der Waals surface area contributed by atoms with Gasteiger partial charge in [-0.2, -0.15) is 0 Å². The van der Waals surface area contributed by atoms with Crippen LogP contribution in [0.2, 0.25) is 0 Å². The molecule has 1 rings (SSSR count). The monoisotopic (exact) mass is 1020 g/mol. The molecule has 0 aliphatic heterocycles. The molecule has 0 spiro atoms. The van der Waals surface area contributed by atoms with Gasteiger partial charge in [-0.15, -0.1) is 0 Å². The maximum atomic E-state index is 13.1. The zero-order valence-electron chi connectivity index (χ0n) is 44.2. The van der Waals surface area contributed by atoms with Crippen LogP contribution in [0.5, 0.6) is 0 Å². The minimum atomic E-state index is -5.16. The van der Waals surface area contributed by atoms with E-state index in [1.54, 1.807) is 6.08 Å². The third kappa shape index (κ3) is 35.6. The summed E-state index contributed by atoms with van der Waals surface area (Å²) in [6, 6.07) is -1.26. The van der Waals surface area contributed by atoms with E-state index in [9.17, 15) is 50.0 Å². The van der Waals surface area contributed by atoms with Gasteiger partial charge >= 0.3 is 7.82 Å². The van der Waals surface area contributed by atoms with Gasteiger partial charge in [0.15, 0.2) is 0 Å². The highest BCUT2D eigenvalue weighted by Gasteiger charge is 2.51. The van der Waals surface area contributed by atoms with Crippen LogP contribution in [-0.2, 0) is 18.4 Å². The van der Waals surface area contributed by atoms with E-state index in [2.05, 4.69) is 43.5 Å². The molecule has 8 atom stereocenters. The summed E-state index contributed by atoms with van der Waals surface area (Å²) in [5, 5.41) is 74.8. The summed E-state index contributed by atoms with van der Waals surface area (Å²) in [5.74, 6) is -0.605. The number of amides is 1. The van der Waals surface area contributed by atoms with E-state index < -0.39 is 75.2 Å². The van der Waals surface area contributed by atoms with E-state index in [-0.39, 0.29) is 6.42 Å². The number of phosphoric acid groups is 1. The molecule has 1 fully saturated rings. The van der Waals surface area contributed by atoms with Crippen molar-refractivity contribution in [3.8, 4) is 0 Å². The second-order valence-electron chi connectivity index (χ2n) is 20.3. The molecule has 13 nitrogen and oxygen atoms in total. The van der Waals surface area contributed by atoms with E-state index in [1.165, 1.54) is 160 Å². The second-order valence-corrected chi connectivity index (χ2v) is 21.7. The van der Waals surface area contributed by atoms with Crippen molar-refractivity contribution in [3.05, 3.63) is 36.5 Å². The number of unbranched alkanes of at least 4 members (excludes halogenated alkanes) is 31. The first-order chi connectivity index (χ1) is 33.8. The fraction of sp³-hybridized carbons (Fsp3) is 0.875. The fourth-order valence-electron chi connectivity index (χ4n) is 9.08. The number of hydrogen-bond acceptors (Lipinski definition) is 11. The average molecular weight is 1020 g/mol. The summed E-state index contributed by atoms with van der Waals surface area (Å²) < 4.78 is 23.0. The number of allylic oxidation sites excluding steroid dienone is 5. The highest BCUT2D eigenvalue weighted by atomic mass is 31.2. The molecule has 0 saturated heterocycles. The number of aliphatic hydroxyl groups is 7. The van der Waals surface area contributed by atoms with E-state index in [1.807, 2.05) is 0 Å². The lowest BCUT2D eigenvalue weighted by Crippen LogP contribution is -2.64. The van der Waals surface area contributed by atoms with Crippen LogP contribution in [0.25, 0.3) is 0 Å². The molecule has 0 aromatic carbocycles. The lowest BCUT2D eigenvalue weighted by Gasteiger charge is -2.41. The number of aliphatic hydroxyl groups excluding tert-OH is 7. The smallest absolute Gasteiger partial charge is 0.393 e. The first-order valence-electron chi connectivity index (χ1n) is 28.5. The maximum absolute atomic E-state index is 13.1. The number of hydrogen-bond donors (Lipinski definition) is 9. The van der Waals surface area contributed by atoms with Crippen molar-refractivity contribution in [2.45, 2.75) is 306 Å². The predicted octanol–water partition coefficient (Wildman–Crippen LogP) is 11.7. The van der Waals surface area contributed by atoms with Crippen molar-refractivity contribution in [2.24, 2.45) is 0 Å². The summed E-state index contributed by atoms with van der Waals surface area (Å²) in [6.45, 7) is 3.77. The second kappa shape index (κ2) is 45.0. The minimum Gasteiger partial charge on any atom is -0.393 e. The van der Waals surface area contributed by atoms with Crippen LogP contribution in [0, 0.1) is 0 Å². The Balaban J connectivity index is 2.45. The molecule has 412 valence electrons. The molecule has 14 heteroatoms. The topological polar surface area (TPSA) is 226 Å². The van der Waals surface area contributed by atoms with Crippen molar-refractivity contribution in [1.29, 1.82) is 0 Å².